The third kappa shape index (κ3) is 5.62. The molecule has 0 heterocycles. The van der Waals surface area contributed by atoms with Gasteiger partial charge in [0.1, 0.15) is 0 Å². The van der Waals surface area contributed by atoms with Crippen molar-refractivity contribution in [1.29, 1.82) is 0 Å². The van der Waals surface area contributed by atoms with E-state index in [9.17, 15) is 18.0 Å². The van der Waals surface area contributed by atoms with E-state index in [1.165, 1.54) is 0 Å². The molecule has 32 heavy (non-hydrogen) atoms. The average Bonchev–Trinajstić information content (AvgIpc) is 2.81. The van der Waals surface area contributed by atoms with Gasteiger partial charge < -0.3 is 10.2 Å². The third-order valence-corrected chi connectivity index (χ3v) is 6.79. The number of anilines is 1. The van der Waals surface area contributed by atoms with Crippen molar-refractivity contribution in [2.75, 3.05) is 18.4 Å². The van der Waals surface area contributed by atoms with Crippen molar-refractivity contribution < 1.29 is 18.0 Å². The Morgan fingerprint density at radius 2 is 1.47 bits per heavy atom. The second-order valence-corrected chi connectivity index (χ2v) is 9.27. The van der Waals surface area contributed by atoms with E-state index in [1.54, 1.807) is 83.8 Å². The van der Waals surface area contributed by atoms with Gasteiger partial charge in [0.2, 0.25) is 0 Å². The molecule has 0 aliphatic heterocycles. The van der Waals surface area contributed by atoms with Gasteiger partial charge in [-0.3, -0.25) is 9.59 Å². The van der Waals surface area contributed by atoms with Crippen LogP contribution in [-0.4, -0.2) is 38.2 Å². The summed E-state index contributed by atoms with van der Waals surface area (Å²) in [6, 6.07) is 21.5. The van der Waals surface area contributed by atoms with Crippen LogP contribution in [0.5, 0.6) is 0 Å². The van der Waals surface area contributed by atoms with Crippen LogP contribution in [0.2, 0.25) is 0 Å². The lowest BCUT2D eigenvalue weighted by Crippen LogP contribution is -2.30. The highest BCUT2D eigenvalue weighted by molar-refractivity contribution is 7.90. The standard InChI is InChI=1S/C25H26N2O4S/c1-3-27(4-2)25(29)20-13-15-22(16-14-20)26-24(28)21-10-8-9-19(17-21)18-32(30,31)23-11-6-5-7-12-23/h5-17H,3-4,18H2,1-2H3,(H,26,28). The molecule has 6 nitrogen and oxygen atoms in total. The first-order valence-corrected chi connectivity index (χ1v) is 12.1. The SMILES string of the molecule is CCN(CC)C(=O)c1ccc(NC(=O)c2cccc(CS(=O)(=O)c3ccccc3)c2)cc1. The minimum Gasteiger partial charge on any atom is -0.339 e. The average molecular weight is 451 g/mol. The van der Waals surface area contributed by atoms with E-state index in [1.807, 2.05) is 13.8 Å². The Morgan fingerprint density at radius 3 is 2.09 bits per heavy atom. The number of hydrogen-bond acceptors (Lipinski definition) is 4. The van der Waals surface area contributed by atoms with Crippen LogP contribution in [-0.2, 0) is 15.6 Å². The summed E-state index contributed by atoms with van der Waals surface area (Å²) < 4.78 is 25.2. The topological polar surface area (TPSA) is 83.6 Å². The maximum atomic E-state index is 12.7. The Labute approximate surface area is 188 Å². The van der Waals surface area contributed by atoms with E-state index >= 15 is 0 Å². The summed E-state index contributed by atoms with van der Waals surface area (Å²) in [6.07, 6.45) is 0. The normalized spacial score (nSPS) is 11.1. The Bertz CT molecular complexity index is 1190. The lowest BCUT2D eigenvalue weighted by Gasteiger charge is -2.18. The fourth-order valence-electron chi connectivity index (χ4n) is 3.33. The van der Waals surface area contributed by atoms with Gasteiger partial charge in [0.25, 0.3) is 11.8 Å². The largest absolute Gasteiger partial charge is 0.339 e. The van der Waals surface area contributed by atoms with Crippen LogP contribution in [0, 0.1) is 0 Å². The molecule has 0 aliphatic carbocycles. The summed E-state index contributed by atoms with van der Waals surface area (Å²) in [5.41, 5.74) is 1.99. The fourth-order valence-corrected chi connectivity index (χ4v) is 4.68. The molecule has 0 atom stereocenters. The molecule has 0 bridgehead atoms. The van der Waals surface area contributed by atoms with Crippen molar-refractivity contribution in [3.05, 3.63) is 95.6 Å². The minimum atomic E-state index is -3.51. The second-order valence-electron chi connectivity index (χ2n) is 7.28. The van der Waals surface area contributed by atoms with Crippen LogP contribution in [0.4, 0.5) is 5.69 Å². The van der Waals surface area contributed by atoms with Crippen molar-refractivity contribution in [1.82, 2.24) is 4.90 Å². The van der Waals surface area contributed by atoms with Gasteiger partial charge in [0.05, 0.1) is 10.6 Å². The smallest absolute Gasteiger partial charge is 0.255 e. The summed E-state index contributed by atoms with van der Waals surface area (Å²) in [5, 5.41) is 2.79. The Balaban J connectivity index is 1.70. The highest BCUT2D eigenvalue weighted by Crippen LogP contribution is 2.18. The van der Waals surface area contributed by atoms with E-state index in [-0.39, 0.29) is 22.5 Å². The summed E-state index contributed by atoms with van der Waals surface area (Å²) >= 11 is 0. The van der Waals surface area contributed by atoms with Gasteiger partial charge in [-0.1, -0.05) is 30.3 Å². The number of nitrogens with one attached hydrogen (secondary N) is 1. The first-order valence-electron chi connectivity index (χ1n) is 10.4. The maximum Gasteiger partial charge on any atom is 0.255 e. The van der Waals surface area contributed by atoms with E-state index in [4.69, 9.17) is 0 Å². The highest BCUT2D eigenvalue weighted by atomic mass is 32.2. The number of carbonyl (C=O) groups is 2. The number of sulfone groups is 1. The molecule has 0 saturated carbocycles. The predicted octanol–water partition coefficient (Wildman–Crippen LogP) is 4.39. The molecule has 0 saturated heterocycles. The van der Waals surface area contributed by atoms with Crippen LogP contribution in [0.3, 0.4) is 0 Å². The molecule has 3 rings (SSSR count). The lowest BCUT2D eigenvalue weighted by atomic mass is 10.1. The first kappa shape index (κ1) is 23.2. The molecule has 0 unspecified atom stereocenters. The van der Waals surface area contributed by atoms with Gasteiger partial charge in [-0.2, -0.15) is 0 Å². The molecule has 1 N–H and O–H groups in total. The molecule has 3 aromatic rings. The predicted molar refractivity (Wildman–Crippen MR) is 125 cm³/mol. The van der Waals surface area contributed by atoms with Crippen LogP contribution >= 0.6 is 0 Å². The lowest BCUT2D eigenvalue weighted by molar-refractivity contribution is 0.0773. The quantitative estimate of drug-likeness (QED) is 0.552. The van der Waals surface area contributed by atoms with Crippen molar-refractivity contribution in [3.8, 4) is 0 Å². The number of rotatable bonds is 8. The van der Waals surface area contributed by atoms with Gasteiger partial charge >= 0.3 is 0 Å². The van der Waals surface area contributed by atoms with Crippen LogP contribution in [0.25, 0.3) is 0 Å². The Hall–Kier alpha value is -3.45. The first-order chi connectivity index (χ1) is 15.3. The molecule has 0 radical (unpaired) electrons. The fraction of sp³-hybridized carbons (Fsp3) is 0.200. The summed E-state index contributed by atoms with van der Waals surface area (Å²) in [6.45, 7) is 5.11. The van der Waals surface area contributed by atoms with Crippen LogP contribution in [0.1, 0.15) is 40.1 Å². The second kappa shape index (κ2) is 10.2. The van der Waals surface area contributed by atoms with Gasteiger partial charge in [-0.05, 0) is 67.9 Å². The Kier molecular flexibility index (Phi) is 7.43. The molecule has 3 aromatic carbocycles. The van der Waals surface area contributed by atoms with Gasteiger partial charge in [0.15, 0.2) is 9.84 Å². The number of nitrogens with zero attached hydrogens (tertiary/aromatic N) is 1. The highest BCUT2D eigenvalue weighted by Gasteiger charge is 2.16. The molecule has 2 amide bonds. The summed E-state index contributed by atoms with van der Waals surface area (Å²) in [7, 11) is -3.51. The molecule has 0 spiro atoms. The van der Waals surface area contributed by atoms with E-state index in [2.05, 4.69) is 5.32 Å². The maximum absolute atomic E-state index is 12.7. The third-order valence-electron chi connectivity index (χ3n) is 5.09. The molecule has 166 valence electrons. The van der Waals surface area contributed by atoms with Crippen molar-refractivity contribution in [3.63, 3.8) is 0 Å². The Morgan fingerprint density at radius 1 is 0.812 bits per heavy atom. The number of benzene rings is 3. The zero-order chi connectivity index (χ0) is 23.1. The zero-order valence-electron chi connectivity index (χ0n) is 18.1. The minimum absolute atomic E-state index is 0.0554. The van der Waals surface area contributed by atoms with Gasteiger partial charge in [-0.25, -0.2) is 8.42 Å². The van der Waals surface area contributed by atoms with Crippen LogP contribution in [0.15, 0.2) is 83.8 Å². The van der Waals surface area contributed by atoms with Gasteiger partial charge in [0, 0.05) is 29.9 Å². The van der Waals surface area contributed by atoms with Crippen LogP contribution < -0.4 is 5.32 Å². The van der Waals surface area contributed by atoms with Crippen molar-refractivity contribution in [2.45, 2.75) is 24.5 Å². The van der Waals surface area contributed by atoms with Gasteiger partial charge in [-0.15, -0.1) is 0 Å². The molecule has 7 heteroatoms. The summed E-state index contributed by atoms with van der Waals surface area (Å²) in [5.74, 6) is -0.604. The molecule has 0 fully saturated rings. The van der Waals surface area contributed by atoms with E-state index in [0.717, 1.165) is 0 Å². The zero-order valence-corrected chi connectivity index (χ0v) is 18.9. The van der Waals surface area contributed by atoms with E-state index < -0.39 is 9.84 Å². The summed E-state index contributed by atoms with van der Waals surface area (Å²) in [4.78, 5) is 27.1. The van der Waals surface area contributed by atoms with Crippen molar-refractivity contribution >= 4 is 27.3 Å². The molecular formula is C25H26N2O4S. The monoisotopic (exact) mass is 450 g/mol. The molecule has 0 aliphatic rings. The number of amides is 2. The molecule has 0 aromatic heterocycles. The van der Waals surface area contributed by atoms with Crippen molar-refractivity contribution in [2.24, 2.45) is 0 Å². The number of hydrogen-bond donors (Lipinski definition) is 1. The van der Waals surface area contributed by atoms with E-state index in [0.29, 0.717) is 35.5 Å². The molecular weight excluding hydrogens is 424 g/mol. The number of carbonyl (C=O) groups excluding carboxylic acids is 2.